The lowest BCUT2D eigenvalue weighted by Gasteiger charge is -2.14. The van der Waals surface area contributed by atoms with Crippen LogP contribution in [0.1, 0.15) is 59.9 Å². The lowest BCUT2D eigenvalue weighted by atomic mass is 10.1. The molecule has 0 aliphatic heterocycles. The number of carboxylic acids is 1. The van der Waals surface area contributed by atoms with Gasteiger partial charge in [-0.05, 0) is 18.9 Å². The normalized spacial score (nSPS) is 9.74. The van der Waals surface area contributed by atoms with Crippen molar-refractivity contribution >= 4 is 29.5 Å². The highest BCUT2D eigenvalue weighted by Crippen LogP contribution is 2.01. The number of hydrogen-bond donors (Lipinski definition) is 5. The zero-order valence-corrected chi connectivity index (χ0v) is 21.1. The molecule has 1 rings (SSSR count). The minimum atomic E-state index is -0.861. The molecule has 0 aliphatic rings. The third kappa shape index (κ3) is 25.0. The maximum atomic E-state index is 11.7. The zero-order valence-electron chi connectivity index (χ0n) is 21.1. The van der Waals surface area contributed by atoms with Crippen LogP contribution in [0.25, 0.3) is 0 Å². The summed E-state index contributed by atoms with van der Waals surface area (Å²) in [6.45, 7) is 9.59. The first-order valence-electron chi connectivity index (χ1n) is 11.3. The van der Waals surface area contributed by atoms with Gasteiger partial charge >= 0.3 is 0 Å². The van der Waals surface area contributed by atoms with Gasteiger partial charge in [0.25, 0.3) is 5.97 Å². The topological polar surface area (TPSA) is 162 Å². The fourth-order valence-electron chi connectivity index (χ4n) is 1.92. The SMILES string of the molecule is CC.CC(=O)O.CCC.C[C@H](NC(=O)CNC(=O)CCc1ccccc1)C(=O)NCC(=O)CO. The van der Waals surface area contributed by atoms with Gasteiger partial charge in [-0.25, -0.2) is 0 Å². The summed E-state index contributed by atoms with van der Waals surface area (Å²) in [5.41, 5.74) is 1.03. The molecule has 0 saturated heterocycles. The van der Waals surface area contributed by atoms with Crippen LogP contribution in [0.5, 0.6) is 0 Å². The Bertz CT molecular complexity index is 706. The predicted octanol–water partition coefficient (Wildman–Crippen LogP) is 1.45. The lowest BCUT2D eigenvalue weighted by Crippen LogP contribution is -2.48. The van der Waals surface area contributed by atoms with E-state index in [1.807, 2.05) is 44.2 Å². The van der Waals surface area contributed by atoms with Gasteiger partial charge in [0.2, 0.25) is 17.7 Å². The van der Waals surface area contributed by atoms with Crippen molar-refractivity contribution in [1.29, 1.82) is 0 Å². The highest BCUT2D eigenvalue weighted by Gasteiger charge is 2.16. The smallest absolute Gasteiger partial charge is 0.300 e. The van der Waals surface area contributed by atoms with Gasteiger partial charge in [0.1, 0.15) is 12.6 Å². The molecule has 0 fully saturated rings. The molecule has 0 aliphatic carbocycles. The number of carbonyl (C=O) groups is 5. The van der Waals surface area contributed by atoms with E-state index in [2.05, 4.69) is 29.8 Å². The minimum Gasteiger partial charge on any atom is -0.481 e. The van der Waals surface area contributed by atoms with Crippen molar-refractivity contribution in [3.63, 3.8) is 0 Å². The minimum absolute atomic E-state index is 0.235. The van der Waals surface area contributed by atoms with E-state index in [9.17, 15) is 19.2 Å². The second-order valence-electron chi connectivity index (χ2n) is 6.69. The Morgan fingerprint density at radius 3 is 1.88 bits per heavy atom. The van der Waals surface area contributed by atoms with Crippen LogP contribution in [0.2, 0.25) is 0 Å². The highest BCUT2D eigenvalue weighted by molar-refractivity contribution is 5.92. The Morgan fingerprint density at radius 1 is 0.912 bits per heavy atom. The standard InChI is InChI=1S/C17H23N3O5.C3H8.C2H4O2.C2H6/c1-12(17(25)19-9-14(22)11-21)20-16(24)10-18-15(23)8-7-13-5-3-2-4-6-13;1-3-2;1-2(3)4;1-2/h2-6,12,21H,7-11H2,1H3,(H,18,23)(H,19,25)(H,20,24);3H2,1-2H3;1H3,(H,3,4);1-2H3/t12-;;;/m0.../s1. The van der Waals surface area contributed by atoms with Crippen LogP contribution in [-0.4, -0.2) is 65.4 Å². The summed E-state index contributed by atoms with van der Waals surface area (Å²) in [6, 6.07) is 8.65. The van der Waals surface area contributed by atoms with Gasteiger partial charge in [-0.3, -0.25) is 24.0 Å². The van der Waals surface area contributed by atoms with E-state index in [-0.39, 0.29) is 25.4 Å². The summed E-state index contributed by atoms with van der Waals surface area (Å²) >= 11 is 0. The average Bonchev–Trinajstić information content (AvgIpc) is 2.81. The molecule has 0 unspecified atom stereocenters. The number of amides is 3. The van der Waals surface area contributed by atoms with Crippen molar-refractivity contribution in [2.45, 2.75) is 66.8 Å². The molecule has 10 heteroatoms. The molecule has 10 nitrogen and oxygen atoms in total. The number of carbonyl (C=O) groups excluding carboxylic acids is 4. The summed E-state index contributed by atoms with van der Waals surface area (Å²) in [4.78, 5) is 55.0. The van der Waals surface area contributed by atoms with Crippen molar-refractivity contribution in [2.24, 2.45) is 0 Å². The Morgan fingerprint density at radius 2 is 1.41 bits per heavy atom. The van der Waals surface area contributed by atoms with Crippen LogP contribution < -0.4 is 16.0 Å². The molecule has 194 valence electrons. The molecule has 0 bridgehead atoms. The van der Waals surface area contributed by atoms with Crippen molar-refractivity contribution in [3.05, 3.63) is 35.9 Å². The predicted molar refractivity (Wildman–Crippen MR) is 131 cm³/mol. The Labute approximate surface area is 202 Å². The van der Waals surface area contributed by atoms with Crippen molar-refractivity contribution in [2.75, 3.05) is 19.7 Å². The van der Waals surface area contributed by atoms with E-state index in [1.54, 1.807) is 0 Å². The summed E-state index contributed by atoms with van der Waals surface area (Å²) in [5.74, 6) is -2.68. The van der Waals surface area contributed by atoms with Crippen molar-refractivity contribution < 1.29 is 34.2 Å². The fourth-order valence-corrected chi connectivity index (χ4v) is 1.92. The van der Waals surface area contributed by atoms with Crippen LogP contribution in [0.3, 0.4) is 0 Å². The molecule has 1 aromatic carbocycles. The number of aliphatic hydroxyl groups excluding tert-OH is 1. The monoisotopic (exact) mass is 483 g/mol. The first-order chi connectivity index (χ1) is 16.1. The Balaban J connectivity index is -0.000000922. The number of hydrogen-bond acceptors (Lipinski definition) is 6. The first kappa shape index (κ1) is 35.3. The summed E-state index contributed by atoms with van der Waals surface area (Å²) in [7, 11) is 0. The van der Waals surface area contributed by atoms with Crippen molar-refractivity contribution in [3.8, 4) is 0 Å². The Kier molecular flexibility index (Phi) is 25.3. The van der Waals surface area contributed by atoms with Gasteiger partial charge in [0.05, 0.1) is 13.1 Å². The van der Waals surface area contributed by atoms with Gasteiger partial charge in [-0.2, -0.15) is 0 Å². The molecular formula is C24H41N3O7. The third-order valence-corrected chi connectivity index (χ3v) is 3.34. The quantitative estimate of drug-likeness (QED) is 0.336. The first-order valence-corrected chi connectivity index (χ1v) is 11.3. The second-order valence-corrected chi connectivity index (χ2v) is 6.69. The maximum absolute atomic E-state index is 11.7. The molecule has 0 spiro atoms. The molecule has 34 heavy (non-hydrogen) atoms. The van der Waals surface area contributed by atoms with E-state index >= 15 is 0 Å². The number of nitrogens with one attached hydrogen (secondary N) is 3. The third-order valence-electron chi connectivity index (χ3n) is 3.34. The van der Waals surface area contributed by atoms with Gasteiger partial charge in [-0.15, -0.1) is 0 Å². The van der Waals surface area contributed by atoms with E-state index < -0.39 is 36.2 Å². The largest absolute Gasteiger partial charge is 0.481 e. The number of ketones is 1. The summed E-state index contributed by atoms with van der Waals surface area (Å²) in [6.07, 6.45) is 2.09. The van der Waals surface area contributed by atoms with Crippen LogP contribution in [0.4, 0.5) is 0 Å². The summed E-state index contributed by atoms with van der Waals surface area (Å²) < 4.78 is 0. The number of benzene rings is 1. The van der Waals surface area contributed by atoms with Crippen LogP contribution in [0.15, 0.2) is 30.3 Å². The maximum Gasteiger partial charge on any atom is 0.300 e. The molecule has 0 aromatic heterocycles. The van der Waals surface area contributed by atoms with Gasteiger partial charge in [-0.1, -0.05) is 64.4 Å². The molecule has 0 saturated carbocycles. The van der Waals surface area contributed by atoms with Crippen LogP contribution in [-0.2, 0) is 30.4 Å². The average molecular weight is 484 g/mol. The van der Waals surface area contributed by atoms with Gasteiger partial charge < -0.3 is 26.2 Å². The molecular weight excluding hydrogens is 442 g/mol. The van der Waals surface area contributed by atoms with Gasteiger partial charge in [0, 0.05) is 13.3 Å². The highest BCUT2D eigenvalue weighted by atomic mass is 16.4. The van der Waals surface area contributed by atoms with E-state index in [0.717, 1.165) is 12.5 Å². The number of aliphatic hydroxyl groups is 1. The second kappa shape index (κ2) is 24.4. The number of rotatable bonds is 10. The van der Waals surface area contributed by atoms with E-state index in [4.69, 9.17) is 15.0 Å². The van der Waals surface area contributed by atoms with Crippen molar-refractivity contribution in [1.82, 2.24) is 16.0 Å². The lowest BCUT2D eigenvalue weighted by molar-refractivity contribution is -0.134. The molecule has 3 amide bonds. The molecule has 1 atom stereocenters. The number of aliphatic carboxylic acids is 1. The summed E-state index contributed by atoms with van der Waals surface area (Å²) in [5, 5.41) is 23.2. The number of Topliss-reactive ketones (excluding diaryl/α,β-unsaturated/α-hetero) is 1. The number of aryl methyl sites for hydroxylation is 1. The van der Waals surface area contributed by atoms with Crippen LogP contribution >= 0.6 is 0 Å². The molecule has 0 heterocycles. The fraction of sp³-hybridized carbons (Fsp3) is 0.542. The zero-order chi connectivity index (χ0) is 26.9. The Hall–Kier alpha value is -3.27. The molecule has 5 N–H and O–H groups in total. The molecule has 1 aromatic rings. The van der Waals surface area contributed by atoms with E-state index in [0.29, 0.717) is 6.42 Å². The van der Waals surface area contributed by atoms with Gasteiger partial charge in [0.15, 0.2) is 5.78 Å². The molecule has 0 radical (unpaired) electrons. The van der Waals surface area contributed by atoms with Crippen LogP contribution in [0, 0.1) is 0 Å². The number of carboxylic acid groups (broad SMARTS) is 1. The van der Waals surface area contributed by atoms with E-state index in [1.165, 1.54) is 13.3 Å².